The van der Waals surface area contributed by atoms with Gasteiger partial charge in [-0.2, -0.15) is 0 Å². The van der Waals surface area contributed by atoms with Crippen molar-refractivity contribution in [2.45, 2.75) is 0 Å². The van der Waals surface area contributed by atoms with E-state index < -0.39 is 5.91 Å². The van der Waals surface area contributed by atoms with Crippen molar-refractivity contribution in [2.24, 2.45) is 0 Å². The summed E-state index contributed by atoms with van der Waals surface area (Å²) in [5, 5.41) is 2.66. The Bertz CT molecular complexity index is 1130. The molecule has 0 aliphatic carbocycles. The molecule has 3 aromatic heterocycles. The Labute approximate surface area is 169 Å². The van der Waals surface area contributed by atoms with Crippen molar-refractivity contribution in [1.82, 2.24) is 15.3 Å². The molecule has 0 aromatic carbocycles. The van der Waals surface area contributed by atoms with E-state index in [0.717, 1.165) is 47.2 Å². The first-order valence-electron chi connectivity index (χ1n) is 9.09. The second kappa shape index (κ2) is 7.34. The van der Waals surface area contributed by atoms with Crippen LogP contribution in [0, 0.1) is 0 Å². The number of fused-ring (bicyclic) bond motifs is 1. The number of furan rings is 1. The molecule has 0 bridgehead atoms. The van der Waals surface area contributed by atoms with E-state index in [1.807, 2.05) is 12.1 Å². The largest absolute Gasteiger partial charge is 0.456 e. The molecule has 0 saturated carbocycles. The van der Waals surface area contributed by atoms with Crippen LogP contribution in [0.4, 0.5) is 10.6 Å². The Hall–Kier alpha value is -3.17. The lowest BCUT2D eigenvalue weighted by atomic mass is 10.1. The zero-order chi connectivity index (χ0) is 19.8. The van der Waals surface area contributed by atoms with Gasteiger partial charge in [0.05, 0.1) is 18.1 Å². The lowest BCUT2D eigenvalue weighted by molar-refractivity contribution is -0.115. The molecule has 5 rings (SSSR count). The molecule has 0 spiro atoms. The Morgan fingerprint density at radius 3 is 2.72 bits per heavy atom. The number of pyridine rings is 2. The van der Waals surface area contributed by atoms with Crippen LogP contribution < -0.4 is 10.2 Å². The molecule has 0 atom stereocenters. The van der Waals surface area contributed by atoms with E-state index in [4.69, 9.17) is 9.15 Å². The highest BCUT2D eigenvalue weighted by Crippen LogP contribution is 2.33. The first-order chi connectivity index (χ1) is 14.2. The summed E-state index contributed by atoms with van der Waals surface area (Å²) < 4.78 is 11.4. The summed E-state index contributed by atoms with van der Waals surface area (Å²) >= 11 is 0.856. The van der Waals surface area contributed by atoms with Gasteiger partial charge in [-0.1, -0.05) is 0 Å². The van der Waals surface area contributed by atoms with Gasteiger partial charge in [0.25, 0.3) is 11.1 Å². The number of carbonyl (C=O) groups excluding carboxylic acids is 2. The molecule has 9 heteroatoms. The van der Waals surface area contributed by atoms with Crippen LogP contribution in [0.15, 0.2) is 46.1 Å². The Kier molecular flexibility index (Phi) is 4.53. The maximum absolute atomic E-state index is 11.8. The van der Waals surface area contributed by atoms with Crippen LogP contribution in [-0.2, 0) is 9.53 Å². The van der Waals surface area contributed by atoms with Gasteiger partial charge in [-0.05, 0) is 30.0 Å². The van der Waals surface area contributed by atoms with E-state index in [1.165, 1.54) is 0 Å². The van der Waals surface area contributed by atoms with Crippen LogP contribution in [0.1, 0.15) is 5.76 Å². The number of ether oxygens (including phenoxy) is 1. The molecule has 5 heterocycles. The Morgan fingerprint density at radius 1 is 1.14 bits per heavy atom. The van der Waals surface area contributed by atoms with E-state index in [-0.39, 0.29) is 5.24 Å². The van der Waals surface area contributed by atoms with Gasteiger partial charge in [0.2, 0.25) is 0 Å². The lowest BCUT2D eigenvalue weighted by Gasteiger charge is -2.27. The molecule has 2 saturated heterocycles. The topological polar surface area (TPSA) is 97.6 Å². The number of morpholine rings is 1. The molecule has 0 radical (unpaired) electrons. The SMILES string of the molecule is O=C1NC(=O)C(=Cc2cc3cncc(-c4ccc(N5CCOCC5)nc4)c3o2)S1. The number of rotatable bonds is 3. The van der Waals surface area contributed by atoms with Crippen LogP contribution in [0.2, 0.25) is 0 Å². The number of nitrogens with one attached hydrogen (secondary N) is 1. The maximum Gasteiger partial charge on any atom is 0.290 e. The number of imide groups is 1. The van der Waals surface area contributed by atoms with Gasteiger partial charge in [-0.3, -0.25) is 19.9 Å². The number of hydrogen-bond acceptors (Lipinski definition) is 8. The van der Waals surface area contributed by atoms with Gasteiger partial charge >= 0.3 is 0 Å². The minimum atomic E-state index is -0.415. The van der Waals surface area contributed by atoms with E-state index in [0.29, 0.717) is 29.5 Å². The average molecular weight is 408 g/mol. The van der Waals surface area contributed by atoms with Gasteiger partial charge < -0.3 is 14.1 Å². The van der Waals surface area contributed by atoms with Crippen LogP contribution in [0.25, 0.3) is 28.2 Å². The Balaban J connectivity index is 1.47. The van der Waals surface area contributed by atoms with E-state index in [9.17, 15) is 9.59 Å². The van der Waals surface area contributed by atoms with Gasteiger partial charge in [-0.25, -0.2) is 4.98 Å². The zero-order valence-electron chi connectivity index (χ0n) is 15.3. The van der Waals surface area contributed by atoms with Crippen LogP contribution >= 0.6 is 11.8 Å². The minimum absolute atomic E-state index is 0.306. The summed E-state index contributed by atoms with van der Waals surface area (Å²) in [5.41, 5.74) is 2.35. The first kappa shape index (κ1) is 17.9. The number of anilines is 1. The second-order valence-corrected chi connectivity index (χ2v) is 7.63. The molecule has 0 unspecified atom stereocenters. The van der Waals surface area contributed by atoms with Crippen molar-refractivity contribution in [1.29, 1.82) is 0 Å². The van der Waals surface area contributed by atoms with Crippen molar-refractivity contribution in [2.75, 3.05) is 31.2 Å². The summed E-state index contributed by atoms with van der Waals surface area (Å²) in [6.07, 6.45) is 6.80. The second-order valence-electron chi connectivity index (χ2n) is 6.61. The summed E-state index contributed by atoms with van der Waals surface area (Å²) in [7, 11) is 0. The first-order valence-corrected chi connectivity index (χ1v) is 9.90. The molecule has 2 aliphatic heterocycles. The third kappa shape index (κ3) is 3.50. The summed E-state index contributed by atoms with van der Waals surface area (Å²) in [5.74, 6) is 0.984. The molecule has 3 aromatic rings. The standard InChI is InChI=1S/C20H16N4O4S/c25-19-16(29-20(26)23-19)8-14-7-13-9-21-11-15(18(13)28-14)12-1-2-17(22-10-12)24-3-5-27-6-4-24/h1-2,7-11H,3-6H2,(H,23,25,26). The molecule has 1 N–H and O–H groups in total. The van der Waals surface area contributed by atoms with E-state index >= 15 is 0 Å². The number of nitrogens with zero attached hydrogens (tertiary/aromatic N) is 3. The molecular formula is C20H16N4O4S. The van der Waals surface area contributed by atoms with Crippen LogP contribution in [-0.4, -0.2) is 47.4 Å². The fourth-order valence-corrected chi connectivity index (χ4v) is 4.00. The molecule has 2 aliphatic rings. The lowest BCUT2D eigenvalue weighted by Crippen LogP contribution is -2.36. The molecular weight excluding hydrogens is 392 g/mol. The molecule has 29 heavy (non-hydrogen) atoms. The smallest absolute Gasteiger partial charge is 0.290 e. The molecule has 8 nitrogen and oxygen atoms in total. The minimum Gasteiger partial charge on any atom is -0.456 e. The van der Waals surface area contributed by atoms with E-state index in [2.05, 4.69) is 20.2 Å². The fraction of sp³-hybridized carbons (Fsp3) is 0.200. The van der Waals surface area contributed by atoms with E-state index in [1.54, 1.807) is 30.7 Å². The van der Waals surface area contributed by atoms with Crippen LogP contribution in [0.5, 0.6) is 0 Å². The molecule has 2 amide bonds. The number of thioether (sulfide) groups is 1. The summed E-state index contributed by atoms with van der Waals surface area (Å²) in [4.78, 5) is 34.5. The van der Waals surface area contributed by atoms with Gasteiger partial charge in [0, 0.05) is 54.3 Å². The molecule has 146 valence electrons. The third-order valence-electron chi connectivity index (χ3n) is 4.75. The van der Waals surface area contributed by atoms with Gasteiger partial charge in [0.15, 0.2) is 0 Å². The van der Waals surface area contributed by atoms with Crippen molar-refractivity contribution in [3.63, 3.8) is 0 Å². The highest BCUT2D eigenvalue weighted by atomic mass is 32.2. The monoisotopic (exact) mass is 408 g/mol. The predicted molar refractivity (Wildman–Crippen MR) is 109 cm³/mol. The van der Waals surface area contributed by atoms with Crippen molar-refractivity contribution < 1.29 is 18.7 Å². The number of aromatic nitrogens is 2. The normalized spacial score (nSPS) is 18.6. The van der Waals surface area contributed by atoms with Crippen LogP contribution in [0.3, 0.4) is 0 Å². The van der Waals surface area contributed by atoms with Crippen molar-refractivity contribution >= 4 is 45.8 Å². The van der Waals surface area contributed by atoms with Crippen molar-refractivity contribution in [3.8, 4) is 11.1 Å². The van der Waals surface area contributed by atoms with Gasteiger partial charge in [-0.15, -0.1) is 0 Å². The molecule has 2 fully saturated rings. The van der Waals surface area contributed by atoms with Gasteiger partial charge in [0.1, 0.15) is 17.2 Å². The highest BCUT2D eigenvalue weighted by molar-refractivity contribution is 8.18. The quantitative estimate of drug-likeness (QED) is 0.661. The number of amides is 2. The third-order valence-corrected chi connectivity index (χ3v) is 5.56. The summed E-state index contributed by atoms with van der Waals surface area (Å²) in [6.45, 7) is 3.07. The maximum atomic E-state index is 11.8. The Morgan fingerprint density at radius 2 is 2.00 bits per heavy atom. The predicted octanol–water partition coefficient (Wildman–Crippen LogP) is 3.05. The zero-order valence-corrected chi connectivity index (χ0v) is 16.1. The highest BCUT2D eigenvalue weighted by Gasteiger charge is 2.25. The average Bonchev–Trinajstić information content (AvgIpc) is 3.30. The number of hydrogen-bond donors (Lipinski definition) is 1. The summed E-state index contributed by atoms with van der Waals surface area (Å²) in [6, 6.07) is 5.77. The fourth-order valence-electron chi connectivity index (χ4n) is 3.33. The van der Waals surface area contributed by atoms with Crippen molar-refractivity contribution in [3.05, 3.63) is 47.5 Å². The number of carbonyl (C=O) groups is 2.